The van der Waals surface area contributed by atoms with Crippen LogP contribution in [0.3, 0.4) is 0 Å². The number of hydrogen-bond donors (Lipinski definition) is 4. The van der Waals surface area contributed by atoms with Crippen molar-refractivity contribution in [2.75, 3.05) is 25.4 Å². The number of guanidine groups is 1. The van der Waals surface area contributed by atoms with Gasteiger partial charge in [-0.15, -0.1) is 0 Å². The van der Waals surface area contributed by atoms with Crippen LogP contribution in [0, 0.1) is 0 Å². The van der Waals surface area contributed by atoms with Crippen molar-refractivity contribution in [2.45, 2.75) is 12.5 Å². The largest absolute Gasteiger partial charge is 0.480 e. The van der Waals surface area contributed by atoms with Crippen molar-refractivity contribution in [2.24, 2.45) is 10.1 Å². The summed E-state index contributed by atoms with van der Waals surface area (Å²) < 4.78 is 4.13. The van der Waals surface area contributed by atoms with Gasteiger partial charge in [0.1, 0.15) is 12.6 Å². The molecule has 0 saturated carbocycles. The molecule has 5 N–H and O–H groups in total. The summed E-state index contributed by atoms with van der Waals surface area (Å²) in [5.74, 6) is -0.954. The maximum atomic E-state index is 10.6. The summed E-state index contributed by atoms with van der Waals surface area (Å²) in [5.41, 5.74) is 5.34. The van der Waals surface area contributed by atoms with E-state index in [0.717, 1.165) is 0 Å². The zero-order valence-electron chi connectivity index (χ0n) is 9.70. The minimum absolute atomic E-state index is 0.0962. The van der Waals surface area contributed by atoms with Gasteiger partial charge in [0.05, 0.1) is 0 Å². The van der Waals surface area contributed by atoms with Crippen LogP contribution in [0.1, 0.15) is 6.42 Å². The molecule has 8 nitrogen and oxygen atoms in total. The molecule has 1 rings (SSSR count). The van der Waals surface area contributed by atoms with Crippen molar-refractivity contribution in [3.63, 3.8) is 0 Å². The zero-order valence-corrected chi connectivity index (χ0v) is 10.5. The lowest BCUT2D eigenvalue weighted by Crippen LogP contribution is -2.34. The fraction of sp³-hybridized carbons (Fsp3) is 0.667. The Morgan fingerprint density at radius 2 is 2.28 bits per heavy atom. The summed E-state index contributed by atoms with van der Waals surface area (Å²) in [6.45, 7) is 1.16. The van der Waals surface area contributed by atoms with Gasteiger partial charge >= 0.3 is 11.9 Å². The van der Waals surface area contributed by atoms with E-state index in [4.69, 9.17) is 15.9 Å². The van der Waals surface area contributed by atoms with E-state index in [-0.39, 0.29) is 6.54 Å². The van der Waals surface area contributed by atoms with E-state index in [1.807, 2.05) is 0 Å². The Morgan fingerprint density at radius 3 is 2.89 bits per heavy atom. The third-order valence-electron chi connectivity index (χ3n) is 2.28. The molecule has 9 heteroatoms. The molecule has 0 unspecified atom stereocenters. The van der Waals surface area contributed by atoms with Crippen molar-refractivity contribution in [3.8, 4) is 0 Å². The minimum Gasteiger partial charge on any atom is -0.480 e. The maximum absolute atomic E-state index is 10.6. The molecule has 0 amide bonds. The number of carboxylic acids is 2. The summed E-state index contributed by atoms with van der Waals surface area (Å²) in [7, 11) is 0. The normalized spacial score (nSPS) is 18.7. The lowest BCUT2D eigenvalue weighted by molar-refractivity contribution is -0.139. The molecule has 0 bridgehead atoms. The Labute approximate surface area is 108 Å². The summed E-state index contributed by atoms with van der Waals surface area (Å²) in [6.07, 6.45) is 0.315. The standard InChI is InChI=1S/C9H16N4O4S/c10-6(8(16)17)1-4-18-12-9-11-2-3-13(9)5-7(14)15/h6H,1-5,10H2,(H,11,12)(H,14,15)(H,16,17)/t6-/m1/s1. The highest BCUT2D eigenvalue weighted by Gasteiger charge is 2.20. The quantitative estimate of drug-likeness (QED) is 0.336. The van der Waals surface area contributed by atoms with E-state index in [0.29, 0.717) is 31.2 Å². The molecule has 1 aliphatic heterocycles. The highest BCUT2D eigenvalue weighted by Crippen LogP contribution is 2.09. The fourth-order valence-electron chi connectivity index (χ4n) is 1.34. The molecule has 1 saturated heterocycles. The predicted octanol–water partition coefficient (Wildman–Crippen LogP) is -1.22. The lowest BCUT2D eigenvalue weighted by atomic mass is 10.2. The molecule has 1 atom stereocenters. The van der Waals surface area contributed by atoms with E-state index in [1.165, 1.54) is 11.9 Å². The van der Waals surface area contributed by atoms with Crippen molar-refractivity contribution in [1.82, 2.24) is 10.2 Å². The van der Waals surface area contributed by atoms with E-state index < -0.39 is 18.0 Å². The molecule has 0 aliphatic carbocycles. The predicted molar refractivity (Wildman–Crippen MR) is 67.3 cm³/mol. The number of nitrogens with zero attached hydrogens (tertiary/aromatic N) is 2. The number of hydrogen-bond acceptors (Lipinski definition) is 5. The van der Waals surface area contributed by atoms with Crippen LogP contribution in [0.15, 0.2) is 4.40 Å². The fourth-order valence-corrected chi connectivity index (χ4v) is 2.09. The first-order valence-corrected chi connectivity index (χ1v) is 6.34. The first-order chi connectivity index (χ1) is 8.50. The Kier molecular flexibility index (Phi) is 5.72. The van der Waals surface area contributed by atoms with Crippen LogP contribution in [0.5, 0.6) is 0 Å². The second-order valence-electron chi connectivity index (χ2n) is 3.72. The second-order valence-corrected chi connectivity index (χ2v) is 4.57. The number of nitrogens with two attached hydrogens (primary N) is 1. The Bertz CT molecular complexity index is 349. The zero-order chi connectivity index (χ0) is 13.5. The molecular formula is C9H16N4O4S. The SMILES string of the molecule is N[C@H](CCSN=C1NCCN1CC(=O)O)C(=O)O. The van der Waals surface area contributed by atoms with Crippen LogP contribution in [0.25, 0.3) is 0 Å². The van der Waals surface area contributed by atoms with Crippen molar-refractivity contribution in [3.05, 3.63) is 0 Å². The summed E-state index contributed by atoms with van der Waals surface area (Å²) in [4.78, 5) is 22.7. The number of carboxylic acid groups (broad SMARTS) is 2. The molecule has 0 aromatic rings. The summed E-state index contributed by atoms with van der Waals surface area (Å²) in [5, 5.41) is 20.2. The average Bonchev–Trinajstić information content (AvgIpc) is 2.70. The first-order valence-electron chi connectivity index (χ1n) is 5.39. The number of carbonyl (C=O) groups is 2. The molecule has 18 heavy (non-hydrogen) atoms. The highest BCUT2D eigenvalue weighted by atomic mass is 32.2. The Balaban J connectivity index is 2.32. The van der Waals surface area contributed by atoms with Crippen LogP contribution >= 0.6 is 11.9 Å². The average molecular weight is 276 g/mol. The van der Waals surface area contributed by atoms with Gasteiger partial charge in [0.2, 0.25) is 5.96 Å². The molecule has 0 aromatic heterocycles. The van der Waals surface area contributed by atoms with Gasteiger partial charge in [0.25, 0.3) is 0 Å². The van der Waals surface area contributed by atoms with E-state index in [1.54, 1.807) is 4.90 Å². The van der Waals surface area contributed by atoms with Crippen LogP contribution in [-0.4, -0.2) is 64.4 Å². The van der Waals surface area contributed by atoms with E-state index >= 15 is 0 Å². The maximum Gasteiger partial charge on any atom is 0.323 e. The van der Waals surface area contributed by atoms with E-state index in [2.05, 4.69) is 9.71 Å². The van der Waals surface area contributed by atoms with Gasteiger partial charge in [-0.25, -0.2) is 0 Å². The molecular weight excluding hydrogens is 260 g/mol. The van der Waals surface area contributed by atoms with Gasteiger partial charge in [-0.3, -0.25) is 9.59 Å². The Morgan fingerprint density at radius 1 is 1.56 bits per heavy atom. The minimum atomic E-state index is -1.03. The number of aliphatic carboxylic acids is 2. The van der Waals surface area contributed by atoms with Crippen molar-refractivity contribution in [1.29, 1.82) is 0 Å². The van der Waals surface area contributed by atoms with Crippen molar-refractivity contribution >= 4 is 29.8 Å². The van der Waals surface area contributed by atoms with E-state index in [9.17, 15) is 9.59 Å². The summed E-state index contributed by atoms with van der Waals surface area (Å²) >= 11 is 1.17. The molecule has 0 spiro atoms. The molecule has 0 aromatic carbocycles. The third-order valence-corrected chi connectivity index (χ3v) is 3.00. The number of nitrogens with one attached hydrogen (secondary N) is 1. The van der Waals surface area contributed by atoms with Crippen LogP contribution in [0.2, 0.25) is 0 Å². The van der Waals surface area contributed by atoms with Crippen LogP contribution in [-0.2, 0) is 9.59 Å². The molecule has 1 fully saturated rings. The second kappa shape index (κ2) is 7.07. The topological polar surface area (TPSA) is 128 Å². The van der Waals surface area contributed by atoms with Gasteiger partial charge in [-0.2, -0.15) is 4.40 Å². The van der Waals surface area contributed by atoms with Gasteiger partial charge in [-0.1, -0.05) is 0 Å². The molecule has 1 heterocycles. The van der Waals surface area contributed by atoms with Crippen molar-refractivity contribution < 1.29 is 19.8 Å². The molecule has 102 valence electrons. The van der Waals surface area contributed by atoms with Crippen LogP contribution in [0.4, 0.5) is 0 Å². The molecule has 1 aliphatic rings. The smallest absolute Gasteiger partial charge is 0.323 e. The summed E-state index contributed by atoms with van der Waals surface area (Å²) in [6, 6.07) is -0.885. The monoisotopic (exact) mass is 276 g/mol. The van der Waals surface area contributed by atoms with Crippen LogP contribution < -0.4 is 11.1 Å². The third kappa shape index (κ3) is 4.80. The number of rotatable bonds is 7. The van der Waals surface area contributed by atoms with Gasteiger partial charge in [0.15, 0.2) is 0 Å². The first kappa shape index (κ1) is 14.6. The lowest BCUT2D eigenvalue weighted by Gasteiger charge is -2.14. The highest BCUT2D eigenvalue weighted by molar-refractivity contribution is 7.98. The van der Waals surface area contributed by atoms with Gasteiger partial charge in [0, 0.05) is 18.8 Å². The van der Waals surface area contributed by atoms with Gasteiger partial charge in [-0.05, 0) is 18.4 Å². The Hall–Kier alpha value is -1.48. The van der Waals surface area contributed by atoms with Gasteiger partial charge < -0.3 is 26.2 Å². The molecule has 0 radical (unpaired) electrons.